The highest BCUT2D eigenvalue weighted by atomic mass is 127. The molecule has 16 heavy (non-hydrogen) atoms. The number of rotatable bonds is 3. The van der Waals surface area contributed by atoms with Crippen molar-refractivity contribution in [3.8, 4) is 0 Å². The van der Waals surface area contributed by atoms with Crippen molar-refractivity contribution in [3.05, 3.63) is 20.7 Å². The molecule has 1 amide bonds. The van der Waals surface area contributed by atoms with E-state index in [0.29, 0.717) is 3.83 Å². The molecule has 0 radical (unpaired) electrons. The molecule has 1 N–H and O–H groups in total. The van der Waals surface area contributed by atoms with E-state index in [1.54, 1.807) is 0 Å². The van der Waals surface area contributed by atoms with Crippen molar-refractivity contribution >= 4 is 46.1 Å². The van der Waals surface area contributed by atoms with Crippen LogP contribution in [0.4, 0.5) is 0 Å². The number of carbonyl (C=O) groups excluding carboxylic acids is 2. The minimum absolute atomic E-state index is 0.105. The van der Waals surface area contributed by atoms with Crippen molar-refractivity contribution in [3.63, 3.8) is 0 Å². The SMILES string of the molecule is COC(=O)CNC(=O)c1cc(Cl)nc(I)n1. The molecule has 6 nitrogen and oxygen atoms in total. The van der Waals surface area contributed by atoms with Gasteiger partial charge in [-0.25, -0.2) is 9.97 Å². The van der Waals surface area contributed by atoms with E-state index in [1.165, 1.54) is 13.2 Å². The number of carbonyl (C=O) groups is 2. The second-order valence-corrected chi connectivity index (χ2v) is 3.96. The number of hydrogen-bond donors (Lipinski definition) is 1. The Labute approximate surface area is 110 Å². The van der Waals surface area contributed by atoms with Gasteiger partial charge in [0.2, 0.25) is 0 Å². The van der Waals surface area contributed by atoms with Crippen molar-refractivity contribution in [1.82, 2.24) is 15.3 Å². The van der Waals surface area contributed by atoms with E-state index in [0.717, 1.165) is 0 Å². The monoisotopic (exact) mass is 355 g/mol. The molecule has 1 rings (SSSR count). The summed E-state index contributed by atoms with van der Waals surface area (Å²) in [7, 11) is 1.24. The molecule has 0 saturated heterocycles. The van der Waals surface area contributed by atoms with Gasteiger partial charge in [0.05, 0.1) is 7.11 Å². The molecule has 0 spiro atoms. The Kier molecular flexibility index (Phi) is 4.87. The summed E-state index contributed by atoms with van der Waals surface area (Å²) >= 11 is 7.49. The average Bonchev–Trinajstić information content (AvgIpc) is 2.23. The molecule has 8 heteroatoms. The normalized spacial score (nSPS) is 9.69. The molecule has 0 aliphatic carbocycles. The number of methoxy groups -OCH3 is 1. The Bertz CT molecular complexity index is 407. The fourth-order valence-electron chi connectivity index (χ4n) is 0.821. The quantitative estimate of drug-likeness (QED) is 0.372. The molecule has 0 aromatic carbocycles. The summed E-state index contributed by atoms with van der Waals surface area (Å²) in [6.45, 7) is -0.215. The highest BCUT2D eigenvalue weighted by Crippen LogP contribution is 2.08. The van der Waals surface area contributed by atoms with Gasteiger partial charge in [-0.1, -0.05) is 11.6 Å². The molecule has 0 atom stereocenters. The van der Waals surface area contributed by atoms with Crippen molar-refractivity contribution in [1.29, 1.82) is 0 Å². The molecule has 1 aromatic rings. The van der Waals surface area contributed by atoms with Crippen molar-refractivity contribution in [2.75, 3.05) is 13.7 Å². The molecule has 0 aliphatic rings. The maximum Gasteiger partial charge on any atom is 0.325 e. The lowest BCUT2D eigenvalue weighted by molar-refractivity contribution is -0.139. The molecule has 0 bridgehead atoms. The Morgan fingerprint density at radius 3 is 2.81 bits per heavy atom. The van der Waals surface area contributed by atoms with Crippen LogP contribution < -0.4 is 5.32 Å². The van der Waals surface area contributed by atoms with Gasteiger partial charge in [-0.3, -0.25) is 9.59 Å². The first-order valence-electron chi connectivity index (χ1n) is 4.08. The first-order chi connectivity index (χ1) is 7.52. The third-order valence-corrected chi connectivity index (χ3v) is 2.20. The topological polar surface area (TPSA) is 81.2 Å². The fraction of sp³-hybridized carbons (Fsp3) is 0.250. The summed E-state index contributed by atoms with van der Waals surface area (Å²) in [6.07, 6.45) is 0. The van der Waals surface area contributed by atoms with Gasteiger partial charge in [-0.15, -0.1) is 0 Å². The Morgan fingerprint density at radius 1 is 1.56 bits per heavy atom. The Balaban J connectivity index is 2.69. The number of hydrogen-bond acceptors (Lipinski definition) is 5. The van der Waals surface area contributed by atoms with Gasteiger partial charge in [0.15, 0.2) is 3.83 Å². The molecule has 1 aromatic heterocycles. The zero-order valence-corrected chi connectivity index (χ0v) is 11.1. The molecule has 0 fully saturated rings. The second kappa shape index (κ2) is 5.94. The lowest BCUT2D eigenvalue weighted by Gasteiger charge is -2.03. The highest BCUT2D eigenvalue weighted by Gasteiger charge is 2.11. The van der Waals surface area contributed by atoms with E-state index in [1.807, 2.05) is 22.6 Å². The number of nitrogens with one attached hydrogen (secondary N) is 1. The third-order valence-electron chi connectivity index (χ3n) is 1.52. The number of esters is 1. The Morgan fingerprint density at radius 2 is 2.25 bits per heavy atom. The van der Waals surface area contributed by atoms with E-state index >= 15 is 0 Å². The highest BCUT2D eigenvalue weighted by molar-refractivity contribution is 14.1. The second-order valence-electron chi connectivity index (χ2n) is 2.60. The van der Waals surface area contributed by atoms with Crippen LogP contribution in [0.25, 0.3) is 0 Å². The van der Waals surface area contributed by atoms with Crippen LogP contribution in [-0.2, 0) is 9.53 Å². The van der Waals surface area contributed by atoms with E-state index in [9.17, 15) is 9.59 Å². The number of amides is 1. The zero-order valence-electron chi connectivity index (χ0n) is 8.16. The van der Waals surface area contributed by atoms with Gasteiger partial charge in [0, 0.05) is 28.7 Å². The van der Waals surface area contributed by atoms with Crippen LogP contribution in [-0.4, -0.2) is 35.5 Å². The van der Waals surface area contributed by atoms with E-state index in [2.05, 4.69) is 20.0 Å². The number of nitrogens with zero attached hydrogens (tertiary/aromatic N) is 2. The Hall–Kier alpha value is -0.960. The van der Waals surface area contributed by atoms with Gasteiger partial charge in [0.25, 0.3) is 5.91 Å². The third kappa shape index (κ3) is 3.89. The maximum atomic E-state index is 11.5. The number of aromatic nitrogens is 2. The summed E-state index contributed by atoms with van der Waals surface area (Å²) < 4.78 is 4.72. The first-order valence-corrected chi connectivity index (χ1v) is 5.53. The smallest absolute Gasteiger partial charge is 0.325 e. The molecule has 1 heterocycles. The van der Waals surface area contributed by atoms with Crippen LogP contribution in [0.15, 0.2) is 6.07 Å². The van der Waals surface area contributed by atoms with Crippen molar-refractivity contribution < 1.29 is 14.3 Å². The molecular weight excluding hydrogens is 348 g/mol. The number of halogens is 2. The van der Waals surface area contributed by atoms with Crippen LogP contribution in [0, 0.1) is 3.83 Å². The molecule has 86 valence electrons. The summed E-state index contributed by atoms with van der Waals surface area (Å²) in [6, 6.07) is 1.32. The van der Waals surface area contributed by atoms with E-state index in [-0.39, 0.29) is 17.4 Å². The standard InChI is InChI=1S/C8H7ClIN3O3/c1-16-6(14)3-11-7(15)4-2-5(9)13-8(10)12-4/h2H,3H2,1H3,(H,11,15). The molecule has 0 aliphatic heterocycles. The van der Waals surface area contributed by atoms with Gasteiger partial charge >= 0.3 is 5.97 Å². The van der Waals surface area contributed by atoms with Crippen LogP contribution in [0.3, 0.4) is 0 Å². The van der Waals surface area contributed by atoms with Crippen molar-refractivity contribution in [2.24, 2.45) is 0 Å². The number of ether oxygens (including phenoxy) is 1. The maximum absolute atomic E-state index is 11.5. The van der Waals surface area contributed by atoms with Crippen LogP contribution in [0.2, 0.25) is 5.15 Å². The zero-order chi connectivity index (χ0) is 12.1. The lowest BCUT2D eigenvalue weighted by Crippen LogP contribution is -2.30. The van der Waals surface area contributed by atoms with Crippen LogP contribution >= 0.6 is 34.2 Å². The minimum Gasteiger partial charge on any atom is -0.468 e. The predicted molar refractivity (Wildman–Crippen MR) is 64.1 cm³/mol. The summed E-state index contributed by atoms with van der Waals surface area (Å²) in [5.41, 5.74) is 0.105. The minimum atomic E-state index is -0.539. The van der Waals surface area contributed by atoms with Gasteiger partial charge < -0.3 is 10.1 Å². The molecule has 0 unspecified atom stereocenters. The van der Waals surface area contributed by atoms with Crippen LogP contribution in [0.1, 0.15) is 10.5 Å². The predicted octanol–water partition coefficient (Wildman–Crippen LogP) is 0.637. The van der Waals surface area contributed by atoms with Gasteiger partial charge in [0.1, 0.15) is 17.4 Å². The largest absolute Gasteiger partial charge is 0.468 e. The summed E-state index contributed by atoms with van der Waals surface area (Å²) in [5, 5.41) is 2.51. The first kappa shape index (κ1) is 13.1. The summed E-state index contributed by atoms with van der Waals surface area (Å²) in [5.74, 6) is -1.05. The average molecular weight is 356 g/mol. The summed E-state index contributed by atoms with van der Waals surface area (Å²) in [4.78, 5) is 29.9. The fourth-order valence-corrected chi connectivity index (χ4v) is 1.67. The van der Waals surface area contributed by atoms with Crippen molar-refractivity contribution in [2.45, 2.75) is 0 Å². The van der Waals surface area contributed by atoms with E-state index < -0.39 is 11.9 Å². The molecule has 0 saturated carbocycles. The van der Waals surface area contributed by atoms with Gasteiger partial charge in [-0.05, 0) is 0 Å². The lowest BCUT2D eigenvalue weighted by atomic mass is 10.4. The van der Waals surface area contributed by atoms with Crippen LogP contribution in [0.5, 0.6) is 0 Å². The molecular formula is C8H7ClIN3O3. The van der Waals surface area contributed by atoms with Gasteiger partial charge in [-0.2, -0.15) is 0 Å². The van der Waals surface area contributed by atoms with E-state index in [4.69, 9.17) is 11.6 Å².